The van der Waals surface area contributed by atoms with Crippen LogP contribution < -0.4 is 20.2 Å². The van der Waals surface area contributed by atoms with Gasteiger partial charge in [-0.1, -0.05) is 22.5 Å². The number of aromatic nitrogens is 5. The number of ether oxygens (including phenoxy) is 1. The molecule has 4 aromatic heterocycles. The molecule has 2 N–H and O–H groups in total. The summed E-state index contributed by atoms with van der Waals surface area (Å²) < 4.78 is 54.7. The molecule has 0 bridgehead atoms. The molecule has 1 saturated heterocycles. The molecule has 42 heavy (non-hydrogen) atoms. The van der Waals surface area contributed by atoms with Gasteiger partial charge in [0.1, 0.15) is 16.3 Å². The number of halogens is 2. The molecule has 0 aliphatic carbocycles. The molecule has 1 aliphatic rings. The van der Waals surface area contributed by atoms with E-state index in [-0.39, 0.29) is 28.9 Å². The van der Waals surface area contributed by atoms with Gasteiger partial charge < -0.3 is 24.3 Å². The van der Waals surface area contributed by atoms with Crippen LogP contribution in [0.3, 0.4) is 0 Å². The highest BCUT2D eigenvalue weighted by molar-refractivity contribution is 7.90. The fourth-order valence-corrected chi connectivity index (χ4v) is 6.36. The number of rotatable bonds is 10. The van der Waals surface area contributed by atoms with Crippen LogP contribution in [0.1, 0.15) is 6.42 Å². The number of hydrogen-bond donors (Lipinski definition) is 1. The smallest absolute Gasteiger partial charge is 0.309 e. The Labute approximate surface area is 245 Å². The highest BCUT2D eigenvalue weighted by atomic mass is 32.2. The van der Waals surface area contributed by atoms with Crippen molar-refractivity contribution >= 4 is 50.1 Å². The van der Waals surface area contributed by atoms with E-state index in [1.54, 1.807) is 23.0 Å². The van der Waals surface area contributed by atoms with E-state index in [9.17, 15) is 18.1 Å². The van der Waals surface area contributed by atoms with Crippen molar-refractivity contribution in [2.75, 3.05) is 62.0 Å². The molecule has 0 radical (unpaired) electrons. The second kappa shape index (κ2) is 11.9. The molecule has 6 rings (SSSR count). The van der Waals surface area contributed by atoms with Crippen LogP contribution in [0.4, 0.5) is 20.4 Å². The summed E-state index contributed by atoms with van der Waals surface area (Å²) in [6, 6.07) is 5.69. The molecule has 1 aliphatic heterocycles. The van der Waals surface area contributed by atoms with Crippen LogP contribution in [-0.2, 0) is 17.7 Å². The van der Waals surface area contributed by atoms with Gasteiger partial charge in [0.25, 0.3) is 0 Å². The van der Waals surface area contributed by atoms with Crippen molar-refractivity contribution in [3.05, 3.63) is 51.8 Å². The number of piperazine rings is 1. The molecular weight excluding hydrogens is 590 g/mol. The number of hydrogen-bond acceptors (Lipinski definition) is 11. The Morgan fingerprint density at radius 1 is 1.14 bits per heavy atom. The van der Waals surface area contributed by atoms with E-state index < -0.39 is 22.8 Å². The number of benzene rings is 1. The second-order valence-electron chi connectivity index (χ2n) is 9.83. The first kappa shape index (κ1) is 28.4. The molecule has 12 nitrogen and oxygen atoms in total. The average molecular weight is 619 g/mol. The maximum atomic E-state index is 14.7. The number of thiazole rings is 1. The Bertz CT molecular complexity index is 1760. The molecule has 0 spiro atoms. The van der Waals surface area contributed by atoms with E-state index in [4.69, 9.17) is 14.9 Å². The van der Waals surface area contributed by atoms with Crippen LogP contribution in [0.15, 0.2) is 39.7 Å². The minimum Gasteiger partial charge on any atom is -0.617 e. The summed E-state index contributed by atoms with van der Waals surface area (Å²) in [5.74, 6) is -0.0682. The van der Waals surface area contributed by atoms with Crippen molar-refractivity contribution in [1.29, 1.82) is 0 Å². The Kier molecular flexibility index (Phi) is 8.02. The molecular formula is C26H28F2N8O4S2. The number of furan rings is 1. The Morgan fingerprint density at radius 3 is 2.69 bits per heavy atom. The van der Waals surface area contributed by atoms with Crippen molar-refractivity contribution in [2.45, 2.75) is 13.0 Å². The second-order valence-corrected chi connectivity index (χ2v) is 12.3. The van der Waals surface area contributed by atoms with E-state index in [0.29, 0.717) is 79.0 Å². The van der Waals surface area contributed by atoms with Gasteiger partial charge in [0, 0.05) is 57.8 Å². The zero-order valence-electron chi connectivity index (χ0n) is 22.7. The molecule has 1 aromatic carbocycles. The Morgan fingerprint density at radius 2 is 1.95 bits per heavy atom. The lowest BCUT2D eigenvalue weighted by molar-refractivity contribution is 0.247. The maximum Gasteiger partial charge on any atom is 0.309 e. The van der Waals surface area contributed by atoms with Gasteiger partial charge in [-0.15, -0.1) is 5.10 Å². The minimum absolute atomic E-state index is 0.0238. The Hall–Kier alpha value is -3.73. The van der Waals surface area contributed by atoms with Gasteiger partial charge in [-0.3, -0.25) is 14.3 Å². The summed E-state index contributed by atoms with van der Waals surface area (Å²) >= 11 is 0.0742. The third kappa shape index (κ3) is 5.66. The van der Waals surface area contributed by atoms with E-state index in [1.807, 2.05) is 4.90 Å². The summed E-state index contributed by atoms with van der Waals surface area (Å²) in [6.07, 6.45) is 3.63. The van der Waals surface area contributed by atoms with Gasteiger partial charge in [0.15, 0.2) is 28.6 Å². The van der Waals surface area contributed by atoms with E-state index in [0.717, 1.165) is 17.4 Å². The standard InChI is InChI=1S/C26H28F2N8O4S2/c1-42(38)13-3-12-40-20-15-18(16(27)14-17(20)28)34-8-5-33(6-9-34)7-10-35-23-21(41-26(35)37)24-30-22(19-4-2-11-39-19)32-36(24)25(29)31-23/h2,4,11,14-15H,3,5-10,12-13H2,1H3,(H2,29,31)/t42-/m0/s1. The van der Waals surface area contributed by atoms with Crippen LogP contribution in [0, 0.1) is 11.6 Å². The molecule has 1 fully saturated rings. The van der Waals surface area contributed by atoms with Crippen molar-refractivity contribution in [1.82, 2.24) is 29.0 Å². The molecule has 1 atom stereocenters. The zero-order chi connectivity index (χ0) is 29.4. The predicted octanol–water partition coefficient (Wildman–Crippen LogP) is 2.59. The third-order valence-corrected chi connectivity index (χ3v) is 8.87. The monoisotopic (exact) mass is 618 g/mol. The van der Waals surface area contributed by atoms with Crippen molar-refractivity contribution in [3.8, 4) is 17.3 Å². The summed E-state index contributed by atoms with van der Waals surface area (Å²) in [7, 11) is 0. The SMILES string of the molecule is C[S@+]([O-])CCCOc1cc(N2CCN(CCn3c(=O)sc4c3nc(N)n3nc(-c5ccco5)nc43)CC2)c(F)cc1F. The number of nitrogens with two attached hydrogens (primary N) is 1. The Balaban J connectivity index is 1.12. The summed E-state index contributed by atoms with van der Waals surface area (Å²) in [5.41, 5.74) is 7.32. The fraction of sp³-hybridized carbons (Fsp3) is 0.385. The normalized spacial score (nSPS) is 15.2. The van der Waals surface area contributed by atoms with Gasteiger partial charge >= 0.3 is 4.87 Å². The van der Waals surface area contributed by atoms with Crippen LogP contribution in [0.2, 0.25) is 0 Å². The van der Waals surface area contributed by atoms with Crippen molar-refractivity contribution < 1.29 is 22.5 Å². The summed E-state index contributed by atoms with van der Waals surface area (Å²) in [6.45, 7) is 3.39. The molecule has 0 amide bonds. The molecule has 0 unspecified atom stereocenters. The first-order valence-electron chi connectivity index (χ1n) is 13.3. The molecule has 5 heterocycles. The number of fused-ring (bicyclic) bond motifs is 3. The lowest BCUT2D eigenvalue weighted by atomic mass is 10.2. The molecule has 0 saturated carbocycles. The van der Waals surface area contributed by atoms with Gasteiger partial charge in [-0.2, -0.15) is 9.50 Å². The topological polar surface area (TPSA) is 143 Å². The predicted molar refractivity (Wildman–Crippen MR) is 157 cm³/mol. The van der Waals surface area contributed by atoms with Gasteiger partial charge in [-0.05, 0) is 12.1 Å². The van der Waals surface area contributed by atoms with Gasteiger partial charge in [-0.25, -0.2) is 13.8 Å². The quantitative estimate of drug-likeness (QED) is 0.183. The van der Waals surface area contributed by atoms with E-state index in [2.05, 4.69) is 20.0 Å². The number of nitrogens with zero attached hydrogens (tertiary/aromatic N) is 7. The summed E-state index contributed by atoms with van der Waals surface area (Å²) in [4.78, 5) is 25.8. The minimum atomic E-state index is -0.959. The lowest BCUT2D eigenvalue weighted by Crippen LogP contribution is -2.47. The highest BCUT2D eigenvalue weighted by Crippen LogP contribution is 2.30. The maximum absolute atomic E-state index is 14.7. The molecule has 222 valence electrons. The van der Waals surface area contributed by atoms with Gasteiger partial charge in [0.05, 0.1) is 24.8 Å². The van der Waals surface area contributed by atoms with Gasteiger partial charge in [0.2, 0.25) is 11.8 Å². The van der Waals surface area contributed by atoms with Crippen LogP contribution >= 0.6 is 11.3 Å². The van der Waals surface area contributed by atoms with E-state index >= 15 is 0 Å². The third-order valence-electron chi connectivity index (χ3n) is 7.05. The molecule has 16 heteroatoms. The van der Waals surface area contributed by atoms with Crippen LogP contribution in [0.25, 0.3) is 27.6 Å². The van der Waals surface area contributed by atoms with Crippen LogP contribution in [-0.4, -0.2) is 84.9 Å². The summed E-state index contributed by atoms with van der Waals surface area (Å²) in [5, 5.41) is 4.38. The fourth-order valence-electron chi connectivity index (χ4n) is 4.91. The highest BCUT2D eigenvalue weighted by Gasteiger charge is 2.24. The van der Waals surface area contributed by atoms with Crippen LogP contribution in [0.5, 0.6) is 5.75 Å². The number of anilines is 2. The first-order chi connectivity index (χ1) is 20.3. The average Bonchev–Trinajstić information content (AvgIpc) is 3.71. The molecule has 5 aromatic rings. The van der Waals surface area contributed by atoms with Crippen molar-refractivity contribution in [3.63, 3.8) is 0 Å². The van der Waals surface area contributed by atoms with Crippen molar-refractivity contribution in [2.24, 2.45) is 0 Å². The lowest BCUT2D eigenvalue weighted by Gasteiger charge is -2.36. The first-order valence-corrected chi connectivity index (χ1v) is 15.8. The largest absolute Gasteiger partial charge is 0.617 e. The number of nitrogen functional groups attached to an aromatic ring is 1. The zero-order valence-corrected chi connectivity index (χ0v) is 24.3. The van der Waals surface area contributed by atoms with E-state index in [1.165, 1.54) is 16.8 Å².